The van der Waals surface area contributed by atoms with Gasteiger partial charge >= 0.3 is 6.03 Å². The summed E-state index contributed by atoms with van der Waals surface area (Å²) in [5.74, 6) is -0.842. The van der Waals surface area contributed by atoms with Gasteiger partial charge in [0.05, 0.1) is 6.04 Å². The van der Waals surface area contributed by atoms with Crippen molar-refractivity contribution >= 4 is 29.4 Å². The minimum absolute atomic E-state index is 0.219. The first-order chi connectivity index (χ1) is 14.8. The number of benzene rings is 2. The summed E-state index contributed by atoms with van der Waals surface area (Å²) in [6.45, 7) is 3.21. The van der Waals surface area contributed by atoms with Crippen LogP contribution in [-0.2, 0) is 28.0 Å². The molecule has 2 atom stereocenters. The predicted octanol–water partition coefficient (Wildman–Crippen LogP) is 3.86. The molecule has 1 fully saturated rings. The molecule has 0 radical (unpaired) electrons. The fourth-order valence-corrected chi connectivity index (χ4v) is 4.48. The van der Waals surface area contributed by atoms with Gasteiger partial charge in [-0.3, -0.25) is 14.5 Å². The molecule has 4 rings (SSSR count). The van der Waals surface area contributed by atoms with Crippen LogP contribution in [0.25, 0.3) is 0 Å². The highest BCUT2D eigenvalue weighted by molar-refractivity contribution is 6.30. The number of carbonyl (C=O) groups is 3. The fourth-order valence-electron chi connectivity index (χ4n) is 4.36. The molecule has 2 aliphatic rings. The predicted molar refractivity (Wildman–Crippen MR) is 119 cm³/mol. The number of urea groups is 1. The lowest BCUT2D eigenvalue weighted by molar-refractivity contribution is -0.135. The topological polar surface area (TPSA) is 78.5 Å². The lowest BCUT2D eigenvalue weighted by Crippen LogP contribution is -2.43. The number of fused-ring (bicyclic) bond motifs is 1. The number of nitrogens with one attached hydrogen (secondary N) is 2. The highest BCUT2D eigenvalue weighted by Gasteiger charge is 2.49. The summed E-state index contributed by atoms with van der Waals surface area (Å²) in [4.78, 5) is 39.1. The van der Waals surface area contributed by atoms with Gasteiger partial charge in [-0.05, 0) is 73.9 Å². The van der Waals surface area contributed by atoms with Crippen molar-refractivity contribution in [2.75, 3.05) is 6.54 Å². The van der Waals surface area contributed by atoms with Crippen molar-refractivity contribution in [1.82, 2.24) is 15.5 Å². The molecule has 2 aromatic rings. The maximum absolute atomic E-state index is 13.0. The molecular formula is C24H26ClN3O3. The Balaban J connectivity index is 1.43. The first-order valence-corrected chi connectivity index (χ1v) is 11.0. The molecule has 2 N–H and O–H groups in total. The second-order valence-electron chi connectivity index (χ2n) is 8.48. The summed E-state index contributed by atoms with van der Waals surface area (Å²) >= 11 is 5.93. The van der Waals surface area contributed by atoms with Gasteiger partial charge in [0.15, 0.2) is 0 Å². The number of halogens is 1. The lowest BCUT2D eigenvalue weighted by Gasteiger charge is -2.23. The van der Waals surface area contributed by atoms with Crippen molar-refractivity contribution in [3.05, 3.63) is 69.7 Å². The highest BCUT2D eigenvalue weighted by Crippen LogP contribution is 2.30. The zero-order valence-electron chi connectivity index (χ0n) is 17.7. The molecule has 1 heterocycles. The van der Waals surface area contributed by atoms with Crippen LogP contribution < -0.4 is 10.6 Å². The van der Waals surface area contributed by atoms with Crippen LogP contribution in [0.5, 0.6) is 0 Å². The van der Waals surface area contributed by atoms with E-state index in [0.717, 1.165) is 23.3 Å². The second kappa shape index (κ2) is 8.35. The third-order valence-corrected chi connectivity index (χ3v) is 6.50. The summed E-state index contributed by atoms with van der Waals surface area (Å²) in [6.07, 6.45) is 4.58. The largest absolute Gasteiger partial charge is 0.348 e. The van der Waals surface area contributed by atoms with E-state index >= 15 is 0 Å². The number of hydrogen-bond donors (Lipinski definition) is 2. The minimum Gasteiger partial charge on any atom is -0.348 e. The van der Waals surface area contributed by atoms with Gasteiger partial charge in [0.2, 0.25) is 5.91 Å². The van der Waals surface area contributed by atoms with E-state index in [1.165, 1.54) is 24.0 Å². The Labute approximate surface area is 187 Å². The van der Waals surface area contributed by atoms with E-state index in [9.17, 15) is 14.4 Å². The number of nitrogens with zero attached hydrogens (tertiary/aromatic N) is 1. The van der Waals surface area contributed by atoms with Crippen molar-refractivity contribution < 1.29 is 14.4 Å². The van der Waals surface area contributed by atoms with E-state index in [4.69, 9.17) is 11.6 Å². The van der Waals surface area contributed by atoms with Crippen molar-refractivity contribution in [1.29, 1.82) is 0 Å². The van der Waals surface area contributed by atoms with Crippen molar-refractivity contribution in [2.24, 2.45) is 0 Å². The molecule has 1 aliphatic heterocycles. The third-order valence-electron chi connectivity index (χ3n) is 6.25. The molecule has 1 aliphatic carbocycles. The maximum Gasteiger partial charge on any atom is 0.325 e. The van der Waals surface area contributed by atoms with Gasteiger partial charge in [0, 0.05) is 5.02 Å². The van der Waals surface area contributed by atoms with Crippen molar-refractivity contribution in [3.63, 3.8) is 0 Å². The Morgan fingerprint density at radius 2 is 1.81 bits per heavy atom. The van der Waals surface area contributed by atoms with Crippen molar-refractivity contribution in [2.45, 2.75) is 51.1 Å². The normalized spacial score (nSPS) is 21.5. The third kappa shape index (κ3) is 4.17. The maximum atomic E-state index is 13.0. The van der Waals surface area contributed by atoms with Crippen LogP contribution in [0.3, 0.4) is 0 Å². The number of amides is 4. The molecular weight excluding hydrogens is 414 g/mol. The molecule has 0 saturated carbocycles. The smallest absolute Gasteiger partial charge is 0.325 e. The van der Waals surface area contributed by atoms with Gasteiger partial charge in [0.1, 0.15) is 12.1 Å². The first-order valence-electron chi connectivity index (χ1n) is 10.6. The zero-order valence-corrected chi connectivity index (χ0v) is 18.5. The first kappa shape index (κ1) is 21.4. The second-order valence-corrected chi connectivity index (χ2v) is 8.91. The Kier molecular flexibility index (Phi) is 5.75. The van der Waals surface area contributed by atoms with Gasteiger partial charge < -0.3 is 10.6 Å². The number of rotatable bonds is 5. The van der Waals surface area contributed by atoms with E-state index in [0.29, 0.717) is 10.6 Å². The number of carbonyl (C=O) groups excluding carboxylic acids is 3. The van der Waals surface area contributed by atoms with Gasteiger partial charge in [-0.15, -0.1) is 0 Å². The minimum atomic E-state index is -1.23. The molecule has 0 unspecified atom stereocenters. The molecule has 2 aromatic carbocycles. The van der Waals surface area contributed by atoms with Crippen LogP contribution in [0.2, 0.25) is 5.02 Å². The van der Waals surface area contributed by atoms with Crippen LogP contribution in [-0.4, -0.2) is 29.3 Å². The molecule has 162 valence electrons. The Morgan fingerprint density at radius 3 is 2.52 bits per heavy atom. The molecule has 0 aromatic heterocycles. The van der Waals surface area contributed by atoms with E-state index in [-0.39, 0.29) is 18.5 Å². The molecule has 4 amide bonds. The van der Waals surface area contributed by atoms with Gasteiger partial charge in [-0.1, -0.05) is 41.9 Å². The standard InChI is InChI=1S/C24H26ClN3O3/c1-15(17-8-7-16-5-3-4-6-18(16)13-17)26-21(29)14-28-22(30)24(2,27-23(28)31)19-9-11-20(25)12-10-19/h7-13,15H,3-6,14H2,1-2H3,(H,26,29)(H,27,31)/t15-,24-/m1/s1. The Morgan fingerprint density at radius 1 is 1.13 bits per heavy atom. The molecule has 6 nitrogen and oxygen atoms in total. The summed E-state index contributed by atoms with van der Waals surface area (Å²) < 4.78 is 0. The molecule has 31 heavy (non-hydrogen) atoms. The SMILES string of the molecule is C[C@@H](NC(=O)CN1C(=O)N[C@](C)(c2ccc(Cl)cc2)C1=O)c1ccc2c(c1)CCCC2. The van der Waals surface area contributed by atoms with Crippen LogP contribution in [0, 0.1) is 0 Å². The summed E-state index contributed by atoms with van der Waals surface area (Å²) in [5.41, 5.74) is 3.14. The average Bonchev–Trinajstić information content (AvgIpc) is 2.97. The summed E-state index contributed by atoms with van der Waals surface area (Å²) in [6, 6.07) is 12.3. The van der Waals surface area contributed by atoms with Gasteiger partial charge in [-0.25, -0.2) is 4.79 Å². The van der Waals surface area contributed by atoms with Crippen LogP contribution >= 0.6 is 11.6 Å². The van der Waals surface area contributed by atoms with E-state index in [2.05, 4.69) is 22.8 Å². The van der Waals surface area contributed by atoms with Crippen LogP contribution in [0.15, 0.2) is 42.5 Å². The van der Waals surface area contributed by atoms with Gasteiger partial charge in [0.25, 0.3) is 5.91 Å². The number of hydrogen-bond acceptors (Lipinski definition) is 3. The summed E-state index contributed by atoms with van der Waals surface area (Å²) in [7, 11) is 0. The van der Waals surface area contributed by atoms with Crippen molar-refractivity contribution in [3.8, 4) is 0 Å². The number of imide groups is 1. The van der Waals surface area contributed by atoms with Crippen LogP contribution in [0.4, 0.5) is 4.79 Å². The molecule has 7 heteroatoms. The molecule has 0 spiro atoms. The highest BCUT2D eigenvalue weighted by atomic mass is 35.5. The molecule has 1 saturated heterocycles. The van der Waals surface area contributed by atoms with E-state index in [1.54, 1.807) is 31.2 Å². The Hall–Kier alpha value is -2.86. The average molecular weight is 440 g/mol. The lowest BCUT2D eigenvalue weighted by atomic mass is 9.89. The number of aryl methyl sites for hydroxylation is 2. The quantitative estimate of drug-likeness (QED) is 0.694. The fraction of sp³-hybridized carbons (Fsp3) is 0.375. The Bertz CT molecular complexity index is 1040. The van der Waals surface area contributed by atoms with E-state index < -0.39 is 17.5 Å². The monoisotopic (exact) mass is 439 g/mol. The van der Waals surface area contributed by atoms with Gasteiger partial charge in [-0.2, -0.15) is 0 Å². The summed E-state index contributed by atoms with van der Waals surface area (Å²) in [5, 5.41) is 6.16. The van der Waals surface area contributed by atoms with E-state index in [1.807, 2.05) is 13.0 Å². The zero-order chi connectivity index (χ0) is 22.2. The molecule has 0 bridgehead atoms. The van der Waals surface area contributed by atoms with Crippen LogP contribution in [0.1, 0.15) is 55.0 Å².